The number of carboxylic acids is 1. The number of aliphatic hydroxyl groups excluding tert-OH is 1. The van der Waals surface area contributed by atoms with Gasteiger partial charge in [0.15, 0.2) is 0 Å². The van der Waals surface area contributed by atoms with Crippen LogP contribution in [-0.2, 0) is 23.9 Å². The molecule has 4 N–H and O–H groups in total. The summed E-state index contributed by atoms with van der Waals surface area (Å²) in [6, 6.07) is -0.0793. The normalized spacial score (nSPS) is 43.9. The van der Waals surface area contributed by atoms with Crippen LogP contribution in [-0.4, -0.2) is 81.4 Å². The van der Waals surface area contributed by atoms with Crippen molar-refractivity contribution in [1.82, 2.24) is 10.2 Å². The zero-order chi connectivity index (χ0) is 42.6. The quantitative estimate of drug-likeness (QED) is 0.173. The number of aliphatic hydroxyl groups is 2. The standard InChI is InChI=1S/C48H78N2O8/c1-41(2,40(55)56)27-36(52)58-35-18-19-44(7)32(43(35,5)6)17-20-46(9)33(44)15-14-29-37-30(47(10,57)28-51)16-21-48(37,23-22-45(29,46)8)39(54)49-34-26-31(42(34,3)4)38(53)50-24-12-11-13-25-50/h29-35,37,51,57H,11-28H2,1-10H3,(H,49,54)(H,55,56)/t29-,30-,31-,32+,33-,34-,35+,37+,44+,45-,46-,47+,48+/m1/s1. The minimum atomic E-state index is -1.30. The van der Waals surface area contributed by atoms with E-state index in [0.29, 0.717) is 31.1 Å². The van der Waals surface area contributed by atoms with Crippen molar-refractivity contribution >= 4 is 23.8 Å². The Bertz CT molecular complexity index is 1650. The van der Waals surface area contributed by atoms with E-state index in [0.717, 1.165) is 77.3 Å². The molecule has 1 saturated heterocycles. The van der Waals surface area contributed by atoms with Gasteiger partial charge in [0.2, 0.25) is 11.8 Å². The zero-order valence-corrected chi connectivity index (χ0v) is 37.7. The molecule has 0 spiro atoms. The highest BCUT2D eigenvalue weighted by atomic mass is 16.5. The summed E-state index contributed by atoms with van der Waals surface area (Å²) in [5.74, 6) is -0.468. The number of likely N-dealkylation sites (tertiary alicyclic amines) is 1. The SMILES string of the molecule is CC(C)(CC(=O)O[C@H]1CC[C@]2(C)[C@H]3CC[C@@H]4[C@H]5[C@H]([C@@](C)(O)CO)CC[C@]5(C(=O)N[C@@H]5C[C@H](C(=O)N6CCCCC6)C5(C)C)CC[C@@]4(C)[C@]3(C)CC[C@H]2C1(C)C)C(=O)O. The lowest BCUT2D eigenvalue weighted by Crippen LogP contribution is -2.69. The van der Waals surface area contributed by atoms with Crippen LogP contribution < -0.4 is 5.32 Å². The van der Waals surface area contributed by atoms with E-state index >= 15 is 4.79 Å². The number of carbonyl (C=O) groups is 4. The predicted molar refractivity (Wildman–Crippen MR) is 222 cm³/mol. The van der Waals surface area contributed by atoms with Gasteiger partial charge in [-0.25, -0.2) is 0 Å². The number of ether oxygens (including phenoxy) is 1. The molecule has 1 aliphatic heterocycles. The van der Waals surface area contributed by atoms with Gasteiger partial charge in [-0.05, 0) is 162 Å². The molecular weight excluding hydrogens is 733 g/mol. The molecule has 13 atom stereocenters. The molecule has 0 aromatic carbocycles. The van der Waals surface area contributed by atoms with Gasteiger partial charge in [0.05, 0.1) is 29.5 Å². The Morgan fingerprint density at radius 2 is 1.45 bits per heavy atom. The van der Waals surface area contributed by atoms with E-state index < -0.39 is 28.4 Å². The molecule has 6 aliphatic carbocycles. The average molecular weight is 811 g/mol. The number of amides is 2. The van der Waals surface area contributed by atoms with Crippen LogP contribution in [0.2, 0.25) is 0 Å². The van der Waals surface area contributed by atoms with Gasteiger partial charge in [-0.3, -0.25) is 19.2 Å². The van der Waals surface area contributed by atoms with Gasteiger partial charge in [-0.1, -0.05) is 48.5 Å². The monoisotopic (exact) mass is 811 g/mol. The van der Waals surface area contributed by atoms with E-state index in [4.69, 9.17) is 4.74 Å². The summed E-state index contributed by atoms with van der Waals surface area (Å²) < 4.78 is 6.18. The lowest BCUT2D eigenvalue weighted by Gasteiger charge is -2.73. The molecule has 6 saturated carbocycles. The summed E-state index contributed by atoms with van der Waals surface area (Å²) in [6.45, 7) is 22.6. The van der Waals surface area contributed by atoms with Gasteiger partial charge in [-0.15, -0.1) is 0 Å². The summed E-state index contributed by atoms with van der Waals surface area (Å²) in [5.41, 5.74) is -3.80. The molecule has 0 radical (unpaired) electrons. The molecule has 0 aromatic heterocycles. The van der Waals surface area contributed by atoms with Crippen LogP contribution in [0.25, 0.3) is 0 Å². The Balaban J connectivity index is 1.13. The third kappa shape index (κ3) is 6.42. The zero-order valence-electron chi connectivity index (χ0n) is 37.7. The lowest BCUT2D eigenvalue weighted by molar-refractivity contribution is -0.253. The predicted octanol–water partition coefficient (Wildman–Crippen LogP) is 7.77. The molecule has 7 rings (SSSR count). The lowest BCUT2D eigenvalue weighted by atomic mass is 9.32. The third-order valence-electron chi connectivity index (χ3n) is 19.9. The first-order chi connectivity index (χ1) is 26.8. The summed E-state index contributed by atoms with van der Waals surface area (Å²) in [7, 11) is 0. The molecule has 7 fully saturated rings. The highest BCUT2D eigenvalue weighted by molar-refractivity contribution is 5.86. The Morgan fingerprint density at radius 1 is 0.776 bits per heavy atom. The van der Waals surface area contributed by atoms with Crippen molar-refractivity contribution in [3.05, 3.63) is 0 Å². The number of rotatable bonds is 9. The topological polar surface area (TPSA) is 153 Å². The van der Waals surface area contributed by atoms with Gasteiger partial charge in [0.1, 0.15) is 6.10 Å². The number of carboxylic acid groups (broad SMARTS) is 1. The van der Waals surface area contributed by atoms with Crippen LogP contribution in [0.5, 0.6) is 0 Å². The number of nitrogens with one attached hydrogen (secondary N) is 1. The molecule has 0 unspecified atom stereocenters. The van der Waals surface area contributed by atoms with E-state index in [2.05, 4.69) is 53.8 Å². The number of piperidine rings is 1. The Morgan fingerprint density at radius 3 is 2.07 bits per heavy atom. The summed E-state index contributed by atoms with van der Waals surface area (Å²) in [5, 5.41) is 35.8. The fourth-order valence-corrected chi connectivity index (χ4v) is 15.8. The fourth-order valence-electron chi connectivity index (χ4n) is 15.8. The van der Waals surface area contributed by atoms with Gasteiger partial charge >= 0.3 is 11.9 Å². The number of nitrogens with zero attached hydrogens (tertiary/aromatic N) is 1. The number of fused-ring (bicyclic) bond motifs is 7. The minimum Gasteiger partial charge on any atom is -0.481 e. The second-order valence-corrected chi connectivity index (χ2v) is 23.7. The molecule has 328 valence electrons. The molecule has 2 amide bonds. The second kappa shape index (κ2) is 14.4. The second-order valence-electron chi connectivity index (χ2n) is 23.7. The van der Waals surface area contributed by atoms with Crippen molar-refractivity contribution in [3.8, 4) is 0 Å². The van der Waals surface area contributed by atoms with Crippen LogP contribution in [0.3, 0.4) is 0 Å². The van der Waals surface area contributed by atoms with Crippen molar-refractivity contribution < 1.29 is 39.2 Å². The van der Waals surface area contributed by atoms with E-state index in [1.807, 2.05) is 4.90 Å². The summed E-state index contributed by atoms with van der Waals surface area (Å²) >= 11 is 0. The van der Waals surface area contributed by atoms with Crippen LogP contribution >= 0.6 is 0 Å². The van der Waals surface area contributed by atoms with Crippen molar-refractivity contribution in [2.24, 2.45) is 73.4 Å². The molecule has 10 nitrogen and oxygen atoms in total. The fraction of sp³-hybridized carbons (Fsp3) is 0.917. The molecule has 58 heavy (non-hydrogen) atoms. The van der Waals surface area contributed by atoms with E-state index in [-0.39, 0.29) is 87.7 Å². The Kier molecular flexibility index (Phi) is 10.9. The van der Waals surface area contributed by atoms with E-state index in [1.165, 1.54) is 6.42 Å². The van der Waals surface area contributed by atoms with Crippen LogP contribution in [0.4, 0.5) is 0 Å². The van der Waals surface area contributed by atoms with Crippen molar-refractivity contribution in [1.29, 1.82) is 0 Å². The number of esters is 1. The van der Waals surface area contributed by atoms with Crippen molar-refractivity contribution in [2.45, 2.75) is 183 Å². The molecule has 0 aromatic rings. The first kappa shape index (κ1) is 43.9. The van der Waals surface area contributed by atoms with E-state index in [1.54, 1.807) is 20.8 Å². The van der Waals surface area contributed by atoms with Crippen molar-refractivity contribution in [2.75, 3.05) is 19.7 Å². The maximum absolute atomic E-state index is 15.1. The van der Waals surface area contributed by atoms with Gasteiger partial charge in [0.25, 0.3) is 0 Å². The number of aliphatic carboxylic acids is 1. The van der Waals surface area contributed by atoms with E-state index in [9.17, 15) is 29.7 Å². The molecule has 0 bridgehead atoms. The van der Waals surface area contributed by atoms with Crippen LogP contribution in [0.1, 0.15) is 166 Å². The van der Waals surface area contributed by atoms with Gasteiger partial charge < -0.3 is 30.3 Å². The molecule has 10 heteroatoms. The minimum absolute atomic E-state index is 0.00881. The number of hydrogen-bond acceptors (Lipinski definition) is 7. The average Bonchev–Trinajstić information content (AvgIpc) is 3.56. The first-order valence-electron chi connectivity index (χ1n) is 23.2. The Hall–Kier alpha value is -2.20. The maximum atomic E-state index is 15.1. The summed E-state index contributed by atoms with van der Waals surface area (Å²) in [6.07, 6.45) is 12.4. The van der Waals surface area contributed by atoms with Gasteiger partial charge in [0, 0.05) is 30.5 Å². The highest BCUT2D eigenvalue weighted by Crippen LogP contribution is 2.78. The third-order valence-corrected chi connectivity index (χ3v) is 19.9. The number of carbonyl (C=O) groups excluding carboxylic acids is 3. The van der Waals surface area contributed by atoms with Crippen molar-refractivity contribution in [3.63, 3.8) is 0 Å². The highest BCUT2D eigenvalue weighted by Gasteiger charge is 2.73. The smallest absolute Gasteiger partial charge is 0.309 e. The number of hydrogen-bond donors (Lipinski definition) is 4. The Labute approximate surface area is 348 Å². The van der Waals surface area contributed by atoms with Crippen LogP contribution in [0.15, 0.2) is 0 Å². The van der Waals surface area contributed by atoms with Crippen LogP contribution in [0, 0.1) is 73.4 Å². The van der Waals surface area contributed by atoms with Gasteiger partial charge in [-0.2, -0.15) is 0 Å². The molecule has 1 heterocycles. The molecule has 7 aliphatic rings. The molecular formula is C48H78N2O8. The summed E-state index contributed by atoms with van der Waals surface area (Å²) in [4.78, 5) is 55.7. The maximum Gasteiger partial charge on any atom is 0.309 e. The largest absolute Gasteiger partial charge is 0.481 e. The first-order valence-corrected chi connectivity index (χ1v) is 23.2.